The molecule has 0 fully saturated rings. The second-order valence-electron chi connectivity index (χ2n) is 2.31. The zero-order valence-electron chi connectivity index (χ0n) is 6.48. The van der Waals surface area contributed by atoms with Crippen molar-refractivity contribution in [2.24, 2.45) is 0 Å². The maximum absolute atomic E-state index is 11.0. The molecule has 1 aromatic carbocycles. The molecular weight excluding hydrogens is 321 g/mol. The highest BCUT2D eigenvalue weighted by atomic mass is 79.9. The SMILES string of the molecule is O=C(CBr)Nc1ccc(Br)cc1Cl. The van der Waals surface area contributed by atoms with Crippen molar-refractivity contribution in [1.82, 2.24) is 0 Å². The van der Waals surface area contributed by atoms with E-state index in [-0.39, 0.29) is 11.2 Å². The second kappa shape index (κ2) is 4.98. The summed E-state index contributed by atoms with van der Waals surface area (Å²) < 4.78 is 0.884. The van der Waals surface area contributed by atoms with E-state index in [1.165, 1.54) is 0 Å². The highest BCUT2D eigenvalue weighted by Gasteiger charge is 2.03. The van der Waals surface area contributed by atoms with Gasteiger partial charge in [0.1, 0.15) is 0 Å². The fourth-order valence-electron chi connectivity index (χ4n) is 0.774. The molecule has 0 spiro atoms. The lowest BCUT2D eigenvalue weighted by atomic mass is 10.3. The van der Waals surface area contributed by atoms with Gasteiger partial charge in [0, 0.05) is 4.47 Å². The number of carbonyl (C=O) groups excluding carboxylic acids is 1. The lowest BCUT2D eigenvalue weighted by molar-refractivity contribution is -0.113. The molecule has 0 aromatic heterocycles. The summed E-state index contributed by atoms with van der Waals surface area (Å²) in [4.78, 5) is 11.0. The predicted octanol–water partition coefficient (Wildman–Crippen LogP) is 3.44. The molecule has 1 N–H and O–H groups in total. The minimum atomic E-state index is -0.121. The molecule has 0 heterocycles. The van der Waals surface area contributed by atoms with Crippen molar-refractivity contribution in [1.29, 1.82) is 0 Å². The highest BCUT2D eigenvalue weighted by molar-refractivity contribution is 9.10. The van der Waals surface area contributed by atoms with Crippen LogP contribution in [0.3, 0.4) is 0 Å². The van der Waals surface area contributed by atoms with Crippen LogP contribution in [-0.2, 0) is 4.79 Å². The van der Waals surface area contributed by atoms with Crippen molar-refractivity contribution >= 4 is 55.1 Å². The van der Waals surface area contributed by atoms with Crippen molar-refractivity contribution in [2.45, 2.75) is 0 Å². The molecule has 0 aliphatic rings. The first-order valence-electron chi connectivity index (χ1n) is 3.44. The first kappa shape index (κ1) is 11.0. The Morgan fingerprint density at radius 2 is 2.23 bits per heavy atom. The van der Waals surface area contributed by atoms with Crippen LogP contribution in [0.4, 0.5) is 5.69 Å². The van der Waals surface area contributed by atoms with E-state index in [9.17, 15) is 4.79 Å². The van der Waals surface area contributed by atoms with Crippen molar-refractivity contribution in [3.05, 3.63) is 27.7 Å². The average molecular weight is 327 g/mol. The summed E-state index contributed by atoms with van der Waals surface area (Å²) in [5.41, 5.74) is 0.620. The molecule has 0 radical (unpaired) electrons. The summed E-state index contributed by atoms with van der Waals surface area (Å²) in [5.74, 6) is -0.121. The number of alkyl halides is 1. The lowest BCUT2D eigenvalue weighted by Crippen LogP contribution is -2.12. The molecule has 2 nitrogen and oxygen atoms in total. The molecule has 0 saturated carbocycles. The Labute approximate surface area is 97.9 Å². The van der Waals surface area contributed by atoms with E-state index in [4.69, 9.17) is 11.6 Å². The van der Waals surface area contributed by atoms with Gasteiger partial charge in [-0.05, 0) is 18.2 Å². The summed E-state index contributed by atoms with van der Waals surface area (Å²) >= 11 is 12.2. The van der Waals surface area contributed by atoms with Crippen LogP contribution in [0.5, 0.6) is 0 Å². The number of hydrogen-bond acceptors (Lipinski definition) is 1. The van der Waals surface area contributed by atoms with Gasteiger partial charge >= 0.3 is 0 Å². The largest absolute Gasteiger partial charge is 0.324 e. The number of benzene rings is 1. The topological polar surface area (TPSA) is 29.1 Å². The molecule has 0 saturated heterocycles. The van der Waals surface area contributed by atoms with Gasteiger partial charge in [-0.2, -0.15) is 0 Å². The molecule has 0 atom stereocenters. The Balaban J connectivity index is 2.83. The van der Waals surface area contributed by atoms with Crippen LogP contribution in [0.2, 0.25) is 5.02 Å². The molecule has 0 aliphatic heterocycles. The average Bonchev–Trinajstić information content (AvgIpc) is 2.09. The molecular formula is C8H6Br2ClNO. The Kier molecular flexibility index (Phi) is 4.22. The van der Waals surface area contributed by atoms with Gasteiger partial charge in [0.05, 0.1) is 16.0 Å². The molecule has 0 unspecified atom stereocenters. The second-order valence-corrected chi connectivity index (χ2v) is 4.19. The Bertz CT molecular complexity index is 330. The molecule has 5 heteroatoms. The number of hydrogen-bond donors (Lipinski definition) is 1. The van der Waals surface area contributed by atoms with Crippen molar-refractivity contribution in [2.75, 3.05) is 10.6 Å². The van der Waals surface area contributed by atoms with Gasteiger partial charge in [-0.25, -0.2) is 0 Å². The number of anilines is 1. The van der Waals surface area contributed by atoms with E-state index < -0.39 is 0 Å². The third-order valence-corrected chi connectivity index (χ3v) is 2.64. The van der Waals surface area contributed by atoms with Gasteiger partial charge in [-0.15, -0.1) is 0 Å². The highest BCUT2D eigenvalue weighted by Crippen LogP contribution is 2.25. The first-order valence-corrected chi connectivity index (χ1v) is 5.73. The van der Waals surface area contributed by atoms with Crippen LogP contribution in [-0.4, -0.2) is 11.2 Å². The number of rotatable bonds is 2. The summed E-state index contributed by atoms with van der Waals surface area (Å²) in [6.07, 6.45) is 0. The number of amides is 1. The van der Waals surface area contributed by atoms with E-state index in [0.29, 0.717) is 10.7 Å². The molecule has 1 aromatic rings. The smallest absolute Gasteiger partial charge is 0.235 e. The van der Waals surface area contributed by atoms with E-state index >= 15 is 0 Å². The van der Waals surface area contributed by atoms with Crippen LogP contribution in [0, 0.1) is 0 Å². The lowest BCUT2D eigenvalue weighted by Gasteiger charge is -2.05. The van der Waals surface area contributed by atoms with Gasteiger partial charge in [0.25, 0.3) is 0 Å². The minimum absolute atomic E-state index is 0.121. The molecule has 1 rings (SSSR count). The maximum Gasteiger partial charge on any atom is 0.235 e. The summed E-state index contributed by atoms with van der Waals surface area (Å²) in [6, 6.07) is 5.29. The van der Waals surface area contributed by atoms with Gasteiger partial charge in [0.2, 0.25) is 5.91 Å². The molecule has 1 amide bonds. The summed E-state index contributed by atoms with van der Waals surface area (Å²) in [5, 5.41) is 3.43. The first-order chi connectivity index (χ1) is 6.13. The summed E-state index contributed by atoms with van der Waals surface area (Å²) in [7, 11) is 0. The van der Waals surface area contributed by atoms with E-state index in [0.717, 1.165) is 4.47 Å². The van der Waals surface area contributed by atoms with Gasteiger partial charge in [-0.1, -0.05) is 43.5 Å². The van der Waals surface area contributed by atoms with Crippen LogP contribution in [0.1, 0.15) is 0 Å². The Morgan fingerprint density at radius 1 is 1.54 bits per heavy atom. The normalized spacial score (nSPS) is 9.77. The molecule has 0 aliphatic carbocycles. The van der Waals surface area contributed by atoms with Crippen molar-refractivity contribution < 1.29 is 4.79 Å². The number of nitrogens with one attached hydrogen (secondary N) is 1. The third kappa shape index (κ3) is 3.29. The Hall–Kier alpha value is -0.0600. The van der Waals surface area contributed by atoms with Crippen LogP contribution < -0.4 is 5.32 Å². The van der Waals surface area contributed by atoms with Crippen LogP contribution >= 0.6 is 43.5 Å². The van der Waals surface area contributed by atoms with E-state index in [2.05, 4.69) is 37.2 Å². The molecule has 70 valence electrons. The van der Waals surface area contributed by atoms with E-state index in [1.807, 2.05) is 6.07 Å². The molecule has 0 bridgehead atoms. The quantitative estimate of drug-likeness (QED) is 0.829. The van der Waals surface area contributed by atoms with Gasteiger partial charge in [0.15, 0.2) is 0 Å². The van der Waals surface area contributed by atoms with Gasteiger partial charge in [-0.3, -0.25) is 4.79 Å². The van der Waals surface area contributed by atoms with Crippen LogP contribution in [0.25, 0.3) is 0 Å². The predicted molar refractivity (Wildman–Crippen MR) is 61.6 cm³/mol. The zero-order valence-corrected chi connectivity index (χ0v) is 10.4. The van der Waals surface area contributed by atoms with E-state index in [1.54, 1.807) is 12.1 Å². The zero-order chi connectivity index (χ0) is 9.84. The maximum atomic E-state index is 11.0. The number of halogens is 3. The fraction of sp³-hybridized carbons (Fsp3) is 0.125. The third-order valence-electron chi connectivity index (χ3n) is 1.33. The minimum Gasteiger partial charge on any atom is -0.324 e. The standard InChI is InChI=1S/C8H6Br2ClNO/c9-4-8(13)12-7-2-1-5(10)3-6(7)11/h1-3H,4H2,(H,12,13). The number of carbonyl (C=O) groups is 1. The van der Waals surface area contributed by atoms with Crippen molar-refractivity contribution in [3.8, 4) is 0 Å². The fourth-order valence-corrected chi connectivity index (χ4v) is 1.64. The Morgan fingerprint density at radius 3 is 2.77 bits per heavy atom. The van der Waals surface area contributed by atoms with Gasteiger partial charge < -0.3 is 5.32 Å². The monoisotopic (exact) mass is 325 g/mol. The molecule has 13 heavy (non-hydrogen) atoms. The van der Waals surface area contributed by atoms with Crippen molar-refractivity contribution in [3.63, 3.8) is 0 Å². The van der Waals surface area contributed by atoms with Crippen LogP contribution in [0.15, 0.2) is 22.7 Å². The summed E-state index contributed by atoms with van der Waals surface area (Å²) in [6.45, 7) is 0.